The molecule has 0 radical (unpaired) electrons. The van der Waals surface area contributed by atoms with E-state index in [2.05, 4.69) is 37.2 Å². The average Bonchev–Trinajstić information content (AvgIpc) is 3.47. The second kappa shape index (κ2) is 28.3. The Bertz CT molecular complexity index is 2800. The Labute approximate surface area is 461 Å². The monoisotopic (exact) mass is 1130 g/mol. The van der Waals surface area contributed by atoms with Gasteiger partial charge in [0.05, 0.1) is 17.4 Å². The van der Waals surface area contributed by atoms with Crippen molar-refractivity contribution in [3.05, 3.63) is 130 Å². The minimum atomic E-state index is -1.89. The predicted octanol–water partition coefficient (Wildman–Crippen LogP) is -1.41. The number of piperidine rings is 1. The normalized spacial score (nSPS) is 23.1. The van der Waals surface area contributed by atoms with Gasteiger partial charge in [-0.3, -0.25) is 43.2 Å². The first-order valence-electron chi connectivity index (χ1n) is 24.7. The van der Waals surface area contributed by atoms with Gasteiger partial charge in [0, 0.05) is 35.6 Å². The fourth-order valence-corrected chi connectivity index (χ4v) is 11.6. The summed E-state index contributed by atoms with van der Waals surface area (Å²) in [5, 5.41) is 49.4. The summed E-state index contributed by atoms with van der Waals surface area (Å²) in [5.41, 5.74) is 25.5. The van der Waals surface area contributed by atoms with Crippen LogP contribution in [0.3, 0.4) is 0 Å². The van der Waals surface area contributed by atoms with Gasteiger partial charge in [-0.05, 0) is 103 Å². The maximum Gasteiger partial charge on any atom is 0.248 e. The quantitative estimate of drug-likeness (QED) is 0.0402. The standard InChI is InChI=1S/C52H62ClN11O12S2/c53-31-14-6-26(7-15-31)21-34(55)46(70)62-39-25-77-78-43-41(52(76)59-36(45(57)69)22-28-8-16-32(65)17-9-28)64-51(75)40(42(43)67)63-47(71)35(3-1-2-20-54)58-48(72)37(23-27-4-12-30(13-5-27)44(56)68)60-49(73)38(61-50(39)74)24-29-10-18-33(66)19-11-29/h4-19,34-43,65-67H,1-3,20-25,54-55H2,(H2,56,68)(H2,57,69)(H,58,72)(H,59,76)(H,60,73)(H,61,74)(H,62,70)(H,63,71)(H,64,75)/t34-,35-,36+,37+,38-,39+,40-,41-,42-,43?/m0/s1. The summed E-state index contributed by atoms with van der Waals surface area (Å²) >= 11 is 6.07. The third kappa shape index (κ3) is 17.0. The first-order valence-corrected chi connectivity index (χ1v) is 27.5. The molecular formula is C52H62ClN11O12S2. The Hall–Kier alpha value is -7.42. The van der Waals surface area contributed by atoms with E-state index in [9.17, 15) is 58.5 Å². The molecule has 416 valence electrons. The van der Waals surface area contributed by atoms with Crippen LogP contribution in [0.5, 0.6) is 11.5 Å². The highest BCUT2D eigenvalue weighted by atomic mass is 35.5. The van der Waals surface area contributed by atoms with E-state index in [1.807, 2.05) is 0 Å². The minimum Gasteiger partial charge on any atom is -0.508 e. The number of phenols is 2. The van der Waals surface area contributed by atoms with Gasteiger partial charge in [-0.1, -0.05) is 81.7 Å². The number of carbonyl (C=O) groups is 9. The lowest BCUT2D eigenvalue weighted by atomic mass is 9.94. The Kier molecular flexibility index (Phi) is 21.7. The number of primary amides is 2. The number of nitrogens with two attached hydrogens (primary N) is 4. The van der Waals surface area contributed by atoms with Crippen LogP contribution in [0.2, 0.25) is 5.02 Å². The van der Waals surface area contributed by atoms with Gasteiger partial charge in [-0.25, -0.2) is 0 Å². The molecule has 2 fully saturated rings. The summed E-state index contributed by atoms with van der Waals surface area (Å²) in [5.74, 6) is -8.66. The zero-order chi connectivity index (χ0) is 56.6. The highest BCUT2D eigenvalue weighted by Gasteiger charge is 2.49. The van der Waals surface area contributed by atoms with Crippen LogP contribution >= 0.6 is 33.2 Å². The van der Waals surface area contributed by atoms with Gasteiger partial charge in [0.2, 0.25) is 53.2 Å². The number of aliphatic hydroxyl groups is 1. The van der Waals surface area contributed by atoms with Crippen molar-refractivity contribution in [2.75, 3.05) is 12.3 Å². The van der Waals surface area contributed by atoms with Crippen LogP contribution in [0, 0.1) is 0 Å². The zero-order valence-electron chi connectivity index (χ0n) is 41.9. The predicted molar refractivity (Wildman–Crippen MR) is 291 cm³/mol. The Morgan fingerprint density at radius 3 is 1.73 bits per heavy atom. The van der Waals surface area contributed by atoms with Crippen LogP contribution in [0.25, 0.3) is 0 Å². The molecule has 0 spiro atoms. The van der Waals surface area contributed by atoms with Crippen molar-refractivity contribution >= 4 is 86.4 Å². The number of amides is 9. The molecule has 4 aromatic rings. The lowest BCUT2D eigenvalue weighted by Gasteiger charge is -2.40. The first kappa shape index (κ1) is 59.8. The molecule has 4 aromatic carbocycles. The second-order valence-corrected chi connectivity index (χ2v) is 21.8. The number of phenolic OH excluding ortho intramolecular Hbond substituents is 2. The van der Waals surface area contributed by atoms with E-state index in [1.165, 1.54) is 72.8 Å². The van der Waals surface area contributed by atoms with Crippen molar-refractivity contribution in [2.45, 2.75) is 105 Å². The van der Waals surface area contributed by atoms with Crippen LogP contribution < -0.4 is 60.2 Å². The van der Waals surface area contributed by atoms with E-state index in [-0.39, 0.29) is 67.9 Å². The molecule has 0 saturated carbocycles. The molecule has 10 atom stereocenters. The Morgan fingerprint density at radius 2 is 1.17 bits per heavy atom. The third-order valence-electron chi connectivity index (χ3n) is 12.9. The van der Waals surface area contributed by atoms with Crippen molar-refractivity contribution in [1.82, 2.24) is 37.2 Å². The van der Waals surface area contributed by atoms with Gasteiger partial charge in [0.1, 0.15) is 53.8 Å². The topological polar surface area (TPSA) is 403 Å². The number of nitrogens with one attached hydrogen (secondary N) is 7. The van der Waals surface area contributed by atoms with Gasteiger partial charge in [-0.15, -0.1) is 0 Å². The third-order valence-corrected chi connectivity index (χ3v) is 16.0. The molecule has 26 heteroatoms. The fraction of sp³-hybridized carbons (Fsp3) is 0.365. The highest BCUT2D eigenvalue weighted by molar-refractivity contribution is 8.77. The van der Waals surface area contributed by atoms with Crippen LogP contribution in [0.4, 0.5) is 0 Å². The van der Waals surface area contributed by atoms with E-state index >= 15 is 0 Å². The van der Waals surface area contributed by atoms with Crippen LogP contribution in [-0.4, -0.2) is 140 Å². The Balaban J connectivity index is 1.40. The molecule has 2 heterocycles. The van der Waals surface area contributed by atoms with Crippen LogP contribution in [0.15, 0.2) is 97.1 Å². The molecule has 2 aliphatic rings. The summed E-state index contributed by atoms with van der Waals surface area (Å²) in [6.07, 6.45) is -1.86. The van der Waals surface area contributed by atoms with Crippen molar-refractivity contribution in [3.63, 3.8) is 0 Å². The molecule has 0 aliphatic carbocycles. The second-order valence-electron chi connectivity index (χ2n) is 18.7. The summed E-state index contributed by atoms with van der Waals surface area (Å²) in [6, 6.07) is 11.9. The zero-order valence-corrected chi connectivity index (χ0v) is 44.3. The molecular weight excluding hydrogens is 1070 g/mol. The van der Waals surface area contributed by atoms with Crippen molar-refractivity contribution in [3.8, 4) is 11.5 Å². The lowest BCUT2D eigenvalue weighted by molar-refractivity contribution is -0.140. The van der Waals surface area contributed by atoms with E-state index in [1.54, 1.807) is 24.3 Å². The van der Waals surface area contributed by atoms with Gasteiger partial charge < -0.3 is 75.5 Å². The number of benzene rings is 4. The molecule has 23 nitrogen and oxygen atoms in total. The number of aromatic hydroxyl groups is 2. The number of aliphatic hydroxyl groups excluding tert-OH is 1. The van der Waals surface area contributed by atoms with Gasteiger partial charge in [0.15, 0.2) is 0 Å². The molecule has 9 amide bonds. The molecule has 6 rings (SSSR count). The average molecular weight is 1130 g/mol. The number of fused-ring (bicyclic) bond motifs is 2. The van der Waals surface area contributed by atoms with Crippen LogP contribution in [0.1, 0.15) is 51.9 Å². The van der Waals surface area contributed by atoms with E-state index in [4.69, 9.17) is 34.5 Å². The van der Waals surface area contributed by atoms with E-state index < -0.39 is 113 Å². The SMILES string of the molecule is NCCCC[C@@H]1NC(=O)[C@@H](Cc2ccc(C(N)=O)cc2)NC(=O)[C@H](Cc2ccc(O)cc2)NC(=O)[C@H](NC(=O)[C@@H](N)Cc2ccc(Cl)cc2)CSSC2[C@@H](C(=O)N[C@H](Cc3ccc(O)cc3)C(N)=O)NC(=O)[C@@H](NC1=O)[C@@H]2O. The van der Waals surface area contributed by atoms with E-state index in [0.717, 1.165) is 21.6 Å². The number of rotatable bonds is 18. The minimum absolute atomic E-state index is 0.00457. The van der Waals surface area contributed by atoms with Crippen molar-refractivity contribution in [1.29, 1.82) is 0 Å². The Morgan fingerprint density at radius 1 is 0.654 bits per heavy atom. The van der Waals surface area contributed by atoms with E-state index in [0.29, 0.717) is 33.7 Å². The summed E-state index contributed by atoms with van der Waals surface area (Å²) in [7, 11) is 1.65. The molecule has 2 bridgehead atoms. The van der Waals surface area contributed by atoms with Gasteiger partial charge >= 0.3 is 0 Å². The number of halogens is 1. The largest absolute Gasteiger partial charge is 0.508 e. The lowest BCUT2D eigenvalue weighted by Crippen LogP contribution is -2.71. The number of carbonyl (C=O) groups excluding carboxylic acids is 9. The number of hydrogen-bond donors (Lipinski definition) is 14. The summed E-state index contributed by atoms with van der Waals surface area (Å²) in [6.45, 7) is 0.215. The van der Waals surface area contributed by atoms with Crippen molar-refractivity contribution in [2.24, 2.45) is 22.9 Å². The maximum absolute atomic E-state index is 14.7. The molecule has 0 aromatic heterocycles. The highest BCUT2D eigenvalue weighted by Crippen LogP contribution is 2.35. The molecule has 2 saturated heterocycles. The molecule has 2 aliphatic heterocycles. The molecule has 78 heavy (non-hydrogen) atoms. The summed E-state index contributed by atoms with van der Waals surface area (Å²) < 4.78 is 0. The maximum atomic E-state index is 14.7. The number of hydrogen-bond acceptors (Lipinski definition) is 16. The first-order chi connectivity index (χ1) is 37.2. The van der Waals surface area contributed by atoms with Crippen molar-refractivity contribution < 1.29 is 58.5 Å². The molecule has 1 unspecified atom stereocenters. The van der Waals surface area contributed by atoms with Gasteiger partial charge in [0.25, 0.3) is 0 Å². The number of unbranched alkanes of at least 4 members (excludes halogenated alkanes) is 1. The fourth-order valence-electron chi connectivity index (χ4n) is 8.47. The van der Waals surface area contributed by atoms with Gasteiger partial charge in [-0.2, -0.15) is 0 Å². The summed E-state index contributed by atoms with van der Waals surface area (Å²) in [4.78, 5) is 125. The molecule has 18 N–H and O–H groups in total. The smallest absolute Gasteiger partial charge is 0.248 e. The van der Waals surface area contributed by atoms with Crippen LogP contribution in [-0.2, 0) is 64.0 Å².